The van der Waals surface area contributed by atoms with Gasteiger partial charge in [-0.3, -0.25) is 4.79 Å². The summed E-state index contributed by atoms with van der Waals surface area (Å²) in [4.78, 5) is 28.1. The summed E-state index contributed by atoms with van der Waals surface area (Å²) in [5, 5.41) is 9.03. The number of amides is 1. The quantitative estimate of drug-likeness (QED) is 0.554. The number of nitrogens with zero attached hydrogens (tertiary/aromatic N) is 3. The van der Waals surface area contributed by atoms with E-state index in [0.29, 0.717) is 15.8 Å². The molecule has 2 aromatic heterocycles. The monoisotopic (exact) mass is 467 g/mol. The van der Waals surface area contributed by atoms with E-state index in [2.05, 4.69) is 20.7 Å². The number of rotatable bonds is 5. The van der Waals surface area contributed by atoms with Crippen molar-refractivity contribution in [2.75, 3.05) is 5.32 Å². The van der Waals surface area contributed by atoms with E-state index in [9.17, 15) is 22.8 Å². The van der Waals surface area contributed by atoms with Crippen LogP contribution in [-0.2, 0) is 11.0 Å². The fraction of sp³-hybridized carbons (Fsp3) is 0.174. The zero-order valence-electron chi connectivity index (χ0n) is 17.4. The van der Waals surface area contributed by atoms with E-state index in [1.54, 1.807) is 12.0 Å². The molecule has 0 radical (unpaired) electrons. The zero-order chi connectivity index (χ0) is 23.9. The predicted octanol–water partition coefficient (Wildman–Crippen LogP) is 3.83. The molecule has 1 saturated carbocycles. The molecule has 1 fully saturated rings. The third kappa shape index (κ3) is 4.04. The predicted molar refractivity (Wildman–Crippen MR) is 116 cm³/mol. The highest BCUT2D eigenvalue weighted by molar-refractivity contribution is 6.05. The molecule has 1 aliphatic heterocycles. The lowest BCUT2D eigenvalue weighted by Crippen LogP contribution is -2.21. The van der Waals surface area contributed by atoms with E-state index in [1.165, 1.54) is 42.7 Å². The molecule has 11 heteroatoms. The van der Waals surface area contributed by atoms with Crippen LogP contribution >= 0.6 is 0 Å². The van der Waals surface area contributed by atoms with Gasteiger partial charge in [-0.05, 0) is 31.1 Å². The van der Waals surface area contributed by atoms with Crippen LogP contribution in [-0.4, -0.2) is 32.7 Å². The zero-order valence-corrected chi connectivity index (χ0v) is 17.4. The van der Waals surface area contributed by atoms with Gasteiger partial charge < -0.3 is 15.4 Å². The van der Waals surface area contributed by atoms with Crippen LogP contribution in [0, 0.1) is 0 Å². The third-order valence-corrected chi connectivity index (χ3v) is 5.25. The van der Waals surface area contributed by atoms with Gasteiger partial charge in [0.2, 0.25) is 5.88 Å². The van der Waals surface area contributed by atoms with E-state index in [0.717, 1.165) is 19.0 Å². The van der Waals surface area contributed by atoms with E-state index in [4.69, 9.17) is 4.74 Å². The number of hydrogen-bond donors (Lipinski definition) is 2. The highest BCUT2D eigenvalue weighted by Gasteiger charge is 2.41. The van der Waals surface area contributed by atoms with Crippen LogP contribution in [0.5, 0.6) is 5.88 Å². The Balaban J connectivity index is 1.53. The van der Waals surface area contributed by atoms with Gasteiger partial charge in [-0.2, -0.15) is 18.3 Å². The van der Waals surface area contributed by atoms with Crippen LogP contribution in [0.15, 0.2) is 48.9 Å². The SMILES string of the molecule is O=C=C1NC=Cc2c1cccc2-n1ncc(C(=O)Nc2ccnc(OC3CC3)c2)c1C(F)(F)F. The molecule has 1 aromatic carbocycles. The summed E-state index contributed by atoms with van der Waals surface area (Å²) in [6.07, 6.45) is 2.19. The molecular weight excluding hydrogens is 451 g/mol. The number of halogens is 3. The molecule has 2 aliphatic rings. The molecule has 8 nitrogen and oxygen atoms in total. The van der Waals surface area contributed by atoms with Crippen LogP contribution in [0.1, 0.15) is 40.0 Å². The van der Waals surface area contributed by atoms with Crippen molar-refractivity contribution in [3.05, 3.63) is 71.3 Å². The van der Waals surface area contributed by atoms with E-state index >= 15 is 0 Å². The van der Waals surface area contributed by atoms with Gasteiger partial charge in [0.1, 0.15) is 11.8 Å². The Bertz CT molecular complexity index is 1370. The Morgan fingerprint density at radius 1 is 1.26 bits per heavy atom. The number of aromatic nitrogens is 3. The van der Waals surface area contributed by atoms with Crippen molar-refractivity contribution < 1.29 is 27.5 Å². The first-order valence-corrected chi connectivity index (χ1v) is 10.3. The lowest BCUT2D eigenvalue weighted by Gasteiger charge is -2.19. The van der Waals surface area contributed by atoms with Crippen molar-refractivity contribution >= 4 is 29.3 Å². The lowest BCUT2D eigenvalue weighted by molar-refractivity contribution is -0.143. The maximum absolute atomic E-state index is 14.1. The Morgan fingerprint density at radius 2 is 2.09 bits per heavy atom. The van der Waals surface area contributed by atoms with Gasteiger partial charge in [-0.25, -0.2) is 14.5 Å². The minimum atomic E-state index is -4.90. The second-order valence-corrected chi connectivity index (χ2v) is 7.66. The van der Waals surface area contributed by atoms with Crippen LogP contribution in [0.25, 0.3) is 17.5 Å². The second kappa shape index (κ2) is 8.20. The summed E-state index contributed by atoms with van der Waals surface area (Å²) in [5.41, 5.74) is -0.830. The number of fused-ring (bicyclic) bond motifs is 1. The molecule has 0 saturated heterocycles. The number of carbonyl (C=O) groups excluding carboxylic acids is 2. The number of nitrogens with one attached hydrogen (secondary N) is 2. The molecule has 0 spiro atoms. The maximum atomic E-state index is 14.1. The molecule has 172 valence electrons. The van der Waals surface area contributed by atoms with Crippen molar-refractivity contribution in [3.63, 3.8) is 0 Å². The molecule has 0 bridgehead atoms. The highest BCUT2D eigenvalue weighted by Crippen LogP contribution is 2.36. The van der Waals surface area contributed by atoms with E-state index in [1.807, 2.05) is 0 Å². The molecule has 5 rings (SSSR count). The summed E-state index contributed by atoms with van der Waals surface area (Å²) in [6.45, 7) is 0. The summed E-state index contributed by atoms with van der Waals surface area (Å²) in [5.74, 6) is 1.02. The molecule has 0 atom stereocenters. The third-order valence-electron chi connectivity index (χ3n) is 5.25. The van der Waals surface area contributed by atoms with E-state index in [-0.39, 0.29) is 29.1 Å². The Kier molecular flexibility index (Phi) is 5.18. The molecular formula is C23H16F3N5O3. The highest BCUT2D eigenvalue weighted by atomic mass is 19.4. The lowest BCUT2D eigenvalue weighted by atomic mass is 10.0. The fourth-order valence-electron chi connectivity index (χ4n) is 3.58. The largest absolute Gasteiger partial charge is 0.474 e. The Morgan fingerprint density at radius 3 is 2.82 bits per heavy atom. The van der Waals surface area contributed by atoms with Gasteiger partial charge in [-0.1, -0.05) is 12.1 Å². The van der Waals surface area contributed by atoms with Gasteiger partial charge in [0, 0.05) is 35.3 Å². The van der Waals surface area contributed by atoms with Gasteiger partial charge in [0.05, 0.1) is 17.4 Å². The topological polar surface area (TPSA) is 98.1 Å². The number of pyridine rings is 1. The number of ether oxygens (including phenoxy) is 1. The summed E-state index contributed by atoms with van der Waals surface area (Å²) >= 11 is 0. The van der Waals surface area contributed by atoms with Crippen molar-refractivity contribution in [1.82, 2.24) is 20.1 Å². The van der Waals surface area contributed by atoms with Gasteiger partial charge in [0.25, 0.3) is 5.91 Å². The Labute approximate surface area is 190 Å². The summed E-state index contributed by atoms with van der Waals surface area (Å²) in [7, 11) is 0. The van der Waals surface area contributed by atoms with Crippen molar-refractivity contribution in [3.8, 4) is 11.6 Å². The van der Waals surface area contributed by atoms with E-state index < -0.39 is 23.3 Å². The van der Waals surface area contributed by atoms with Crippen LogP contribution < -0.4 is 15.4 Å². The molecule has 3 heterocycles. The minimum Gasteiger partial charge on any atom is -0.474 e. The van der Waals surface area contributed by atoms with Gasteiger partial charge in [0.15, 0.2) is 11.6 Å². The van der Waals surface area contributed by atoms with Crippen molar-refractivity contribution in [2.24, 2.45) is 0 Å². The first kappa shape index (κ1) is 21.5. The summed E-state index contributed by atoms with van der Waals surface area (Å²) < 4.78 is 48.7. The molecule has 3 aromatic rings. The van der Waals surface area contributed by atoms with Crippen LogP contribution in [0.4, 0.5) is 18.9 Å². The number of alkyl halides is 3. The van der Waals surface area contributed by atoms with Crippen LogP contribution in [0.2, 0.25) is 0 Å². The van der Waals surface area contributed by atoms with Crippen molar-refractivity contribution in [2.45, 2.75) is 25.1 Å². The number of anilines is 1. The maximum Gasteiger partial charge on any atom is 0.434 e. The van der Waals surface area contributed by atoms with Crippen LogP contribution in [0.3, 0.4) is 0 Å². The number of benzene rings is 1. The molecule has 1 aliphatic carbocycles. The normalized spacial score (nSPS) is 14.7. The standard InChI is InChI=1S/C23H16F3N5O3/c24-23(25,26)21-17(22(33)30-13-6-8-28-20(10-13)34-14-4-5-14)11-29-31(21)19-3-1-2-15-16(19)7-9-27-18(15)12-32/h1-3,6-11,14,27H,4-5H2,(H,28,30,33). The number of hydrogen-bond acceptors (Lipinski definition) is 6. The second-order valence-electron chi connectivity index (χ2n) is 7.66. The minimum absolute atomic E-state index is 0.0541. The fourth-order valence-corrected chi connectivity index (χ4v) is 3.58. The summed E-state index contributed by atoms with van der Waals surface area (Å²) in [6, 6.07) is 7.39. The average molecular weight is 467 g/mol. The van der Waals surface area contributed by atoms with Gasteiger partial charge in [-0.15, -0.1) is 0 Å². The smallest absolute Gasteiger partial charge is 0.434 e. The Hall–Kier alpha value is -4.37. The molecule has 0 unspecified atom stereocenters. The first-order chi connectivity index (χ1) is 16.3. The average Bonchev–Trinajstić information content (AvgIpc) is 3.50. The number of carbonyl (C=O) groups is 1. The van der Waals surface area contributed by atoms with Crippen molar-refractivity contribution in [1.29, 1.82) is 0 Å². The molecule has 2 N–H and O–H groups in total. The molecule has 1 amide bonds. The first-order valence-electron chi connectivity index (χ1n) is 10.3. The van der Waals surface area contributed by atoms with Gasteiger partial charge >= 0.3 is 6.18 Å². The molecule has 34 heavy (non-hydrogen) atoms.